The molecule has 1 unspecified atom stereocenters. The zero-order valence-corrected chi connectivity index (χ0v) is 17.8. The third kappa shape index (κ3) is 3.05. The van der Waals surface area contributed by atoms with E-state index >= 15 is 0 Å². The highest BCUT2D eigenvalue weighted by Gasteiger charge is 2.34. The van der Waals surface area contributed by atoms with Crippen LogP contribution in [-0.4, -0.2) is 35.2 Å². The number of ether oxygens (including phenoxy) is 2. The Kier molecular flexibility index (Phi) is 4.63. The van der Waals surface area contributed by atoms with Crippen LogP contribution in [-0.2, 0) is 19.3 Å². The first-order valence-electron chi connectivity index (χ1n) is 9.59. The molecular formula is C21H20N2O4S2. The van der Waals surface area contributed by atoms with E-state index in [9.17, 15) is 9.59 Å². The summed E-state index contributed by atoms with van der Waals surface area (Å²) in [5.74, 6) is 1.18. The maximum absolute atomic E-state index is 12.9. The summed E-state index contributed by atoms with van der Waals surface area (Å²) in [6.07, 6.45) is 4.84. The first kappa shape index (κ1) is 18.7. The molecule has 150 valence electrons. The Labute approximate surface area is 175 Å². The first-order chi connectivity index (χ1) is 14.1. The number of H-pyrrole nitrogens is 1. The van der Waals surface area contributed by atoms with Crippen LogP contribution in [0, 0.1) is 0 Å². The van der Waals surface area contributed by atoms with Gasteiger partial charge in [0.05, 0.1) is 24.9 Å². The van der Waals surface area contributed by atoms with Gasteiger partial charge in [-0.05, 0) is 55.4 Å². The van der Waals surface area contributed by atoms with E-state index in [1.165, 1.54) is 28.6 Å². The Balaban J connectivity index is 1.47. The number of thioether (sulfide) groups is 1. The number of aryl methyl sites for hydroxylation is 2. The number of benzene rings is 1. The lowest BCUT2D eigenvalue weighted by Gasteiger charge is -2.09. The summed E-state index contributed by atoms with van der Waals surface area (Å²) < 4.78 is 10.7. The fourth-order valence-electron chi connectivity index (χ4n) is 4.22. The Morgan fingerprint density at radius 2 is 1.90 bits per heavy atom. The predicted octanol–water partition coefficient (Wildman–Crippen LogP) is 3.78. The van der Waals surface area contributed by atoms with E-state index in [4.69, 9.17) is 14.5 Å². The van der Waals surface area contributed by atoms with Crippen LogP contribution in [0.15, 0.2) is 22.1 Å². The van der Waals surface area contributed by atoms with Gasteiger partial charge in [-0.25, -0.2) is 4.98 Å². The second-order valence-corrected chi connectivity index (χ2v) is 9.58. The Morgan fingerprint density at radius 1 is 1.14 bits per heavy atom. The van der Waals surface area contributed by atoms with Crippen molar-refractivity contribution < 1.29 is 14.3 Å². The summed E-state index contributed by atoms with van der Waals surface area (Å²) >= 11 is 2.95. The number of aromatic amines is 1. The lowest BCUT2D eigenvalue weighted by molar-refractivity contribution is 0.1000. The number of thiophene rings is 1. The SMILES string of the molecule is COc1cc2c(cc1OC)C(=O)C(Sc1nc3sc4c(c3c(=O)[nH]1)CCCC4)C2. The molecule has 0 fully saturated rings. The number of carbonyl (C=O) groups is 1. The van der Waals surface area contributed by atoms with Crippen molar-refractivity contribution in [1.29, 1.82) is 0 Å². The van der Waals surface area contributed by atoms with Crippen molar-refractivity contribution in [2.24, 2.45) is 0 Å². The molecule has 1 aromatic carbocycles. The summed E-state index contributed by atoms with van der Waals surface area (Å²) in [6, 6.07) is 3.60. The van der Waals surface area contributed by atoms with E-state index in [0.717, 1.165) is 35.0 Å². The maximum atomic E-state index is 12.9. The average molecular weight is 429 g/mol. The summed E-state index contributed by atoms with van der Waals surface area (Å²) in [5.41, 5.74) is 2.66. The minimum Gasteiger partial charge on any atom is -0.493 e. The number of Topliss-reactive ketones (excluding diaryl/α,β-unsaturated/α-hetero) is 1. The van der Waals surface area contributed by atoms with Crippen LogP contribution in [0.5, 0.6) is 11.5 Å². The molecule has 1 N–H and O–H groups in total. The number of hydrogen-bond donors (Lipinski definition) is 1. The molecule has 29 heavy (non-hydrogen) atoms. The molecule has 8 heteroatoms. The zero-order valence-electron chi connectivity index (χ0n) is 16.2. The van der Waals surface area contributed by atoms with Crippen LogP contribution in [0.25, 0.3) is 10.2 Å². The van der Waals surface area contributed by atoms with Gasteiger partial charge in [-0.3, -0.25) is 9.59 Å². The molecule has 0 spiro atoms. The van der Waals surface area contributed by atoms with Gasteiger partial charge in [0, 0.05) is 10.4 Å². The van der Waals surface area contributed by atoms with E-state index in [1.54, 1.807) is 31.6 Å². The Morgan fingerprint density at radius 3 is 2.69 bits per heavy atom. The number of fused-ring (bicyclic) bond motifs is 4. The van der Waals surface area contributed by atoms with Crippen LogP contribution in [0.1, 0.15) is 39.2 Å². The quantitative estimate of drug-likeness (QED) is 0.637. The smallest absolute Gasteiger partial charge is 0.260 e. The first-order valence-corrected chi connectivity index (χ1v) is 11.3. The van der Waals surface area contributed by atoms with Crippen LogP contribution < -0.4 is 15.0 Å². The third-order valence-electron chi connectivity index (χ3n) is 5.63. The highest BCUT2D eigenvalue weighted by atomic mass is 32.2. The lowest BCUT2D eigenvalue weighted by atomic mass is 9.97. The van der Waals surface area contributed by atoms with E-state index in [-0.39, 0.29) is 16.6 Å². The molecule has 2 aromatic heterocycles. The molecule has 0 radical (unpaired) electrons. The van der Waals surface area contributed by atoms with Gasteiger partial charge < -0.3 is 14.5 Å². The van der Waals surface area contributed by atoms with Gasteiger partial charge in [-0.2, -0.15) is 0 Å². The van der Waals surface area contributed by atoms with Crippen molar-refractivity contribution in [2.75, 3.05) is 14.2 Å². The number of nitrogens with zero attached hydrogens (tertiary/aromatic N) is 1. The van der Waals surface area contributed by atoms with Crippen molar-refractivity contribution in [3.8, 4) is 11.5 Å². The number of nitrogens with one attached hydrogen (secondary N) is 1. The molecule has 3 aromatic rings. The topological polar surface area (TPSA) is 81.3 Å². The molecule has 5 rings (SSSR count). The minimum absolute atomic E-state index is 0.0270. The standard InChI is InChI=1S/C21H20N2O4S2/c1-26-13-7-10-8-16(18(24)12(10)9-14(13)27-2)29-21-22-19(25)17-11-5-3-4-6-15(11)28-20(17)23-21/h7,9,16H,3-6,8H2,1-2H3,(H,22,23,25). The van der Waals surface area contributed by atoms with E-state index in [2.05, 4.69) is 4.98 Å². The average Bonchev–Trinajstić information content (AvgIpc) is 3.24. The number of ketones is 1. The van der Waals surface area contributed by atoms with Crippen molar-refractivity contribution in [1.82, 2.24) is 9.97 Å². The molecule has 0 saturated heterocycles. The number of hydrogen-bond acceptors (Lipinski definition) is 7. The zero-order chi connectivity index (χ0) is 20.1. The maximum Gasteiger partial charge on any atom is 0.260 e. The second kappa shape index (κ2) is 7.18. The van der Waals surface area contributed by atoms with Crippen molar-refractivity contribution >= 4 is 39.1 Å². The number of rotatable bonds is 4. The summed E-state index contributed by atoms with van der Waals surface area (Å²) in [7, 11) is 3.14. The largest absolute Gasteiger partial charge is 0.493 e. The Hall–Kier alpha value is -2.32. The van der Waals surface area contributed by atoms with Crippen LogP contribution in [0.2, 0.25) is 0 Å². The Bertz CT molecular complexity index is 1200. The van der Waals surface area contributed by atoms with Crippen molar-refractivity contribution in [3.63, 3.8) is 0 Å². The fourth-order valence-corrected chi connectivity index (χ4v) is 6.60. The highest BCUT2D eigenvalue weighted by Crippen LogP contribution is 2.40. The van der Waals surface area contributed by atoms with Crippen molar-refractivity contribution in [3.05, 3.63) is 44.1 Å². The highest BCUT2D eigenvalue weighted by molar-refractivity contribution is 8.00. The van der Waals surface area contributed by atoms with Gasteiger partial charge in [0.1, 0.15) is 4.83 Å². The normalized spacial score (nSPS) is 18.0. The predicted molar refractivity (Wildman–Crippen MR) is 114 cm³/mol. The minimum atomic E-state index is -0.322. The van der Waals surface area contributed by atoms with E-state index in [1.807, 2.05) is 6.07 Å². The number of methoxy groups -OCH3 is 2. The van der Waals surface area contributed by atoms with Gasteiger partial charge in [-0.15, -0.1) is 11.3 Å². The van der Waals surface area contributed by atoms with Crippen LogP contribution >= 0.6 is 23.1 Å². The molecule has 0 aliphatic heterocycles. The molecule has 0 bridgehead atoms. The van der Waals surface area contributed by atoms with Crippen molar-refractivity contribution in [2.45, 2.75) is 42.5 Å². The second-order valence-electron chi connectivity index (χ2n) is 7.30. The molecule has 0 amide bonds. The molecule has 0 saturated carbocycles. The van der Waals surface area contributed by atoms with E-state index in [0.29, 0.717) is 28.6 Å². The number of aromatic nitrogens is 2. The van der Waals surface area contributed by atoms with Gasteiger partial charge in [0.15, 0.2) is 22.4 Å². The van der Waals surface area contributed by atoms with Gasteiger partial charge in [-0.1, -0.05) is 11.8 Å². The summed E-state index contributed by atoms with van der Waals surface area (Å²) in [5, 5.41) is 0.924. The summed E-state index contributed by atoms with van der Waals surface area (Å²) in [4.78, 5) is 35.4. The molecule has 2 heterocycles. The molecule has 6 nitrogen and oxygen atoms in total. The van der Waals surface area contributed by atoms with Gasteiger partial charge >= 0.3 is 0 Å². The molecular weight excluding hydrogens is 408 g/mol. The van der Waals surface area contributed by atoms with Gasteiger partial charge in [0.25, 0.3) is 5.56 Å². The third-order valence-corrected chi connectivity index (χ3v) is 7.90. The van der Waals surface area contributed by atoms with Crippen LogP contribution in [0.4, 0.5) is 0 Å². The monoisotopic (exact) mass is 428 g/mol. The van der Waals surface area contributed by atoms with Gasteiger partial charge in [0.2, 0.25) is 0 Å². The van der Waals surface area contributed by atoms with E-state index < -0.39 is 0 Å². The molecule has 1 atom stereocenters. The molecule has 2 aliphatic carbocycles. The fraction of sp³-hybridized carbons (Fsp3) is 0.381. The molecule has 2 aliphatic rings. The number of carbonyl (C=O) groups excluding carboxylic acids is 1. The summed E-state index contributed by atoms with van der Waals surface area (Å²) in [6.45, 7) is 0. The van der Waals surface area contributed by atoms with Crippen LogP contribution in [0.3, 0.4) is 0 Å². The lowest BCUT2D eigenvalue weighted by Crippen LogP contribution is -2.15.